The van der Waals surface area contributed by atoms with Crippen molar-refractivity contribution >= 4 is 17.5 Å². The number of amides is 2. The summed E-state index contributed by atoms with van der Waals surface area (Å²) in [6, 6.07) is 23.0. The first-order valence-electron chi connectivity index (χ1n) is 11.0. The Labute approximate surface area is 196 Å². The maximum atomic E-state index is 13.9. The highest BCUT2D eigenvalue weighted by Gasteiger charge is 2.15. The van der Waals surface area contributed by atoms with E-state index < -0.39 is 5.82 Å². The summed E-state index contributed by atoms with van der Waals surface area (Å²) in [6.45, 7) is 0.486. The molecule has 0 fully saturated rings. The summed E-state index contributed by atoms with van der Waals surface area (Å²) in [4.78, 5) is 29.3. The highest BCUT2D eigenvalue weighted by molar-refractivity contribution is 6.03. The van der Waals surface area contributed by atoms with Crippen molar-refractivity contribution < 1.29 is 18.4 Å². The number of anilines is 1. The number of oxazole rings is 1. The number of para-hydroxylation sites is 1. The van der Waals surface area contributed by atoms with E-state index in [0.29, 0.717) is 41.4 Å². The number of hydrogen-bond acceptors (Lipinski definition) is 4. The molecule has 0 saturated carbocycles. The molecule has 34 heavy (non-hydrogen) atoms. The minimum absolute atomic E-state index is 0.0984. The largest absolute Gasteiger partial charge is 0.441 e. The second kappa shape index (κ2) is 11.0. The fourth-order valence-electron chi connectivity index (χ4n) is 3.49. The molecule has 1 aromatic heterocycles. The molecule has 6 nitrogen and oxygen atoms in total. The van der Waals surface area contributed by atoms with E-state index in [0.717, 1.165) is 5.56 Å². The van der Waals surface area contributed by atoms with Crippen LogP contribution in [0.5, 0.6) is 0 Å². The van der Waals surface area contributed by atoms with Crippen molar-refractivity contribution in [3.05, 3.63) is 108 Å². The first-order valence-corrected chi connectivity index (χ1v) is 11.0. The van der Waals surface area contributed by atoms with Crippen molar-refractivity contribution in [3.63, 3.8) is 0 Å². The molecule has 0 unspecified atom stereocenters. The molecule has 0 bridgehead atoms. The Morgan fingerprint density at radius 2 is 1.62 bits per heavy atom. The zero-order valence-electron chi connectivity index (χ0n) is 18.5. The molecule has 0 spiro atoms. The summed E-state index contributed by atoms with van der Waals surface area (Å²) < 4.78 is 19.5. The van der Waals surface area contributed by atoms with Gasteiger partial charge in [-0.05, 0) is 36.2 Å². The van der Waals surface area contributed by atoms with Gasteiger partial charge in [0.1, 0.15) is 5.82 Å². The molecule has 4 rings (SSSR count). The van der Waals surface area contributed by atoms with Crippen LogP contribution >= 0.6 is 0 Å². The number of nitrogens with zero attached hydrogens (tertiary/aromatic N) is 1. The summed E-state index contributed by atoms with van der Waals surface area (Å²) in [5, 5.41) is 5.68. The van der Waals surface area contributed by atoms with Crippen molar-refractivity contribution in [2.75, 3.05) is 11.9 Å². The van der Waals surface area contributed by atoms with E-state index in [2.05, 4.69) is 15.6 Å². The minimum Gasteiger partial charge on any atom is -0.441 e. The Bertz CT molecular complexity index is 1270. The molecule has 7 heteroatoms. The zero-order chi connectivity index (χ0) is 23.8. The maximum Gasteiger partial charge on any atom is 0.253 e. The normalized spacial score (nSPS) is 10.6. The van der Waals surface area contributed by atoms with Gasteiger partial charge in [0.25, 0.3) is 5.91 Å². The molecule has 3 aromatic carbocycles. The third-order valence-electron chi connectivity index (χ3n) is 5.25. The summed E-state index contributed by atoms with van der Waals surface area (Å²) >= 11 is 0. The Morgan fingerprint density at radius 3 is 2.44 bits per heavy atom. The van der Waals surface area contributed by atoms with Gasteiger partial charge in [0.2, 0.25) is 5.91 Å². The number of benzene rings is 3. The number of halogens is 1. The molecule has 0 radical (unpaired) electrons. The third-order valence-corrected chi connectivity index (χ3v) is 5.25. The van der Waals surface area contributed by atoms with Gasteiger partial charge in [-0.3, -0.25) is 9.59 Å². The molecule has 172 valence electrons. The van der Waals surface area contributed by atoms with Crippen LogP contribution in [0.1, 0.15) is 28.2 Å². The number of aromatic nitrogens is 1. The Kier molecular flexibility index (Phi) is 7.45. The summed E-state index contributed by atoms with van der Waals surface area (Å²) in [7, 11) is 0. The van der Waals surface area contributed by atoms with Gasteiger partial charge < -0.3 is 15.1 Å². The average Bonchev–Trinajstić information content (AvgIpc) is 3.33. The topological polar surface area (TPSA) is 84.2 Å². The van der Waals surface area contributed by atoms with Crippen LogP contribution in [-0.4, -0.2) is 23.3 Å². The SMILES string of the molecule is O=C(CCc1ncc(-c2ccccc2F)o1)Nc1ccccc1C(=O)NCCc1ccccc1. The Balaban J connectivity index is 1.31. The smallest absolute Gasteiger partial charge is 0.253 e. The van der Waals surface area contributed by atoms with Gasteiger partial charge in [0.05, 0.1) is 23.0 Å². The number of hydrogen-bond donors (Lipinski definition) is 2. The van der Waals surface area contributed by atoms with Gasteiger partial charge in [0, 0.05) is 19.4 Å². The first kappa shape index (κ1) is 22.9. The second-order valence-electron chi connectivity index (χ2n) is 7.68. The Hall–Kier alpha value is -4.26. The van der Waals surface area contributed by atoms with Gasteiger partial charge in [-0.25, -0.2) is 9.37 Å². The van der Waals surface area contributed by atoms with Gasteiger partial charge in [-0.1, -0.05) is 54.6 Å². The van der Waals surface area contributed by atoms with Crippen LogP contribution in [0.2, 0.25) is 0 Å². The lowest BCUT2D eigenvalue weighted by Crippen LogP contribution is -2.27. The highest BCUT2D eigenvalue weighted by atomic mass is 19.1. The third kappa shape index (κ3) is 5.95. The fourth-order valence-corrected chi connectivity index (χ4v) is 3.49. The van der Waals surface area contributed by atoms with Crippen molar-refractivity contribution in [2.45, 2.75) is 19.3 Å². The first-order chi connectivity index (χ1) is 16.6. The summed E-state index contributed by atoms with van der Waals surface area (Å²) in [5.74, 6) is -0.294. The standard InChI is InChI=1S/C27H24FN3O3/c28-22-12-6-4-10-20(22)24-18-30-26(34-24)15-14-25(32)31-23-13-7-5-11-21(23)27(33)29-17-16-19-8-2-1-3-9-19/h1-13,18H,14-17H2,(H,29,33)(H,31,32). The molecule has 0 aliphatic rings. The van der Waals surface area contributed by atoms with Gasteiger partial charge in [-0.15, -0.1) is 0 Å². The van der Waals surface area contributed by atoms with Crippen molar-refractivity contribution in [1.82, 2.24) is 10.3 Å². The fraction of sp³-hybridized carbons (Fsp3) is 0.148. The van der Waals surface area contributed by atoms with Gasteiger partial charge >= 0.3 is 0 Å². The average molecular weight is 458 g/mol. The molecule has 2 N–H and O–H groups in total. The number of aryl methyl sites for hydroxylation is 1. The molecular formula is C27H24FN3O3. The number of carbonyl (C=O) groups is 2. The zero-order valence-corrected chi connectivity index (χ0v) is 18.5. The van der Waals surface area contributed by atoms with E-state index in [1.165, 1.54) is 12.3 Å². The molecular weight excluding hydrogens is 433 g/mol. The minimum atomic E-state index is -0.401. The van der Waals surface area contributed by atoms with Crippen molar-refractivity contribution in [3.8, 4) is 11.3 Å². The van der Waals surface area contributed by atoms with E-state index in [9.17, 15) is 14.0 Å². The van der Waals surface area contributed by atoms with E-state index >= 15 is 0 Å². The van der Waals surface area contributed by atoms with Crippen LogP contribution in [0.15, 0.2) is 89.5 Å². The van der Waals surface area contributed by atoms with Crippen molar-refractivity contribution in [1.29, 1.82) is 0 Å². The molecule has 4 aromatic rings. The Morgan fingerprint density at radius 1 is 0.882 bits per heavy atom. The lowest BCUT2D eigenvalue weighted by molar-refractivity contribution is -0.116. The van der Waals surface area contributed by atoms with E-state index in [1.54, 1.807) is 42.5 Å². The number of rotatable bonds is 9. The highest BCUT2D eigenvalue weighted by Crippen LogP contribution is 2.23. The van der Waals surface area contributed by atoms with Gasteiger partial charge in [0.15, 0.2) is 11.7 Å². The predicted molar refractivity (Wildman–Crippen MR) is 128 cm³/mol. The molecule has 2 amide bonds. The van der Waals surface area contributed by atoms with Crippen molar-refractivity contribution in [2.24, 2.45) is 0 Å². The van der Waals surface area contributed by atoms with Crippen LogP contribution in [0.3, 0.4) is 0 Å². The summed E-state index contributed by atoms with van der Waals surface area (Å²) in [5.41, 5.74) is 2.28. The number of carbonyl (C=O) groups excluding carboxylic acids is 2. The lowest BCUT2D eigenvalue weighted by Gasteiger charge is -2.11. The molecule has 0 aliphatic carbocycles. The second-order valence-corrected chi connectivity index (χ2v) is 7.68. The molecule has 0 aliphatic heterocycles. The van der Waals surface area contributed by atoms with Crippen LogP contribution in [0, 0.1) is 5.82 Å². The summed E-state index contributed by atoms with van der Waals surface area (Å²) in [6.07, 6.45) is 2.50. The quantitative estimate of drug-likeness (QED) is 0.369. The van der Waals surface area contributed by atoms with Crippen LogP contribution < -0.4 is 10.6 Å². The monoisotopic (exact) mass is 457 g/mol. The van der Waals surface area contributed by atoms with Crippen LogP contribution in [0.25, 0.3) is 11.3 Å². The van der Waals surface area contributed by atoms with Crippen LogP contribution in [0.4, 0.5) is 10.1 Å². The number of nitrogens with one attached hydrogen (secondary N) is 2. The lowest BCUT2D eigenvalue weighted by atomic mass is 10.1. The predicted octanol–water partition coefficient (Wildman–Crippen LogP) is 5.02. The van der Waals surface area contributed by atoms with E-state index in [4.69, 9.17) is 4.42 Å². The van der Waals surface area contributed by atoms with E-state index in [-0.39, 0.29) is 24.7 Å². The van der Waals surface area contributed by atoms with Gasteiger partial charge in [-0.2, -0.15) is 0 Å². The maximum absolute atomic E-state index is 13.9. The molecule has 1 heterocycles. The molecule has 0 atom stereocenters. The molecule has 0 saturated heterocycles. The van der Waals surface area contributed by atoms with Crippen LogP contribution in [-0.2, 0) is 17.6 Å². The van der Waals surface area contributed by atoms with E-state index in [1.807, 2.05) is 30.3 Å².